The fraction of sp³-hybridized carbons (Fsp3) is 0.0909. The number of hydrogen-bond acceptors (Lipinski definition) is 2. The first-order chi connectivity index (χ1) is 7.65. The molecule has 0 spiro atoms. The van der Waals surface area contributed by atoms with Crippen LogP contribution in [0.15, 0.2) is 27.8 Å². The van der Waals surface area contributed by atoms with Crippen LogP contribution in [0.1, 0.15) is 11.1 Å². The highest BCUT2D eigenvalue weighted by Crippen LogP contribution is 2.33. The first-order valence-corrected chi connectivity index (χ1v) is 5.17. The molecule has 0 fully saturated rings. The first-order valence-electron chi connectivity index (χ1n) is 4.79. The Morgan fingerprint density at radius 3 is 2.81 bits per heavy atom. The molecule has 0 saturated carbocycles. The Kier molecular flexibility index (Phi) is 1.82. The van der Waals surface area contributed by atoms with Gasteiger partial charge < -0.3 is 4.98 Å². The summed E-state index contributed by atoms with van der Waals surface area (Å²) in [4.78, 5) is 27.6. The van der Waals surface area contributed by atoms with E-state index in [-0.39, 0.29) is 5.56 Å². The summed E-state index contributed by atoms with van der Waals surface area (Å²) in [7, 11) is 0. The maximum Gasteiger partial charge on any atom is 0.326 e. The van der Waals surface area contributed by atoms with Crippen molar-refractivity contribution < 1.29 is 0 Å². The smallest absolute Gasteiger partial charge is 0.307 e. The van der Waals surface area contributed by atoms with Crippen LogP contribution in [-0.4, -0.2) is 9.97 Å². The average Bonchev–Trinajstić information content (AvgIpc) is 2.56. The molecule has 1 aliphatic carbocycles. The lowest BCUT2D eigenvalue weighted by Gasteiger charge is -1.99. The number of benzene rings is 1. The lowest BCUT2D eigenvalue weighted by atomic mass is 10.1. The number of nitrogens with one attached hydrogen (secondary N) is 2. The lowest BCUT2D eigenvalue weighted by Crippen LogP contribution is -2.24. The molecule has 0 saturated heterocycles. The van der Waals surface area contributed by atoms with Crippen molar-refractivity contribution in [2.45, 2.75) is 6.42 Å². The summed E-state index contributed by atoms with van der Waals surface area (Å²) < 4.78 is 0. The fourth-order valence-corrected chi connectivity index (χ4v) is 2.25. The highest BCUT2D eigenvalue weighted by atomic mass is 35.5. The molecule has 3 rings (SSSR count). The number of H-pyrrole nitrogens is 2. The van der Waals surface area contributed by atoms with E-state index in [2.05, 4.69) is 9.97 Å². The van der Waals surface area contributed by atoms with Gasteiger partial charge in [0, 0.05) is 22.6 Å². The Morgan fingerprint density at radius 2 is 2.00 bits per heavy atom. The normalized spacial score (nSPS) is 12.3. The van der Waals surface area contributed by atoms with E-state index in [1.54, 1.807) is 6.07 Å². The molecule has 16 heavy (non-hydrogen) atoms. The van der Waals surface area contributed by atoms with E-state index < -0.39 is 5.69 Å². The quantitative estimate of drug-likeness (QED) is 0.616. The molecule has 4 nitrogen and oxygen atoms in total. The van der Waals surface area contributed by atoms with Crippen LogP contribution in [-0.2, 0) is 6.42 Å². The zero-order valence-corrected chi connectivity index (χ0v) is 8.89. The molecule has 0 bridgehead atoms. The summed E-state index contributed by atoms with van der Waals surface area (Å²) in [6.45, 7) is 0. The van der Waals surface area contributed by atoms with Gasteiger partial charge in [0.25, 0.3) is 5.56 Å². The van der Waals surface area contributed by atoms with Gasteiger partial charge in [-0.3, -0.25) is 9.78 Å². The van der Waals surface area contributed by atoms with Crippen molar-refractivity contribution >= 4 is 11.6 Å². The van der Waals surface area contributed by atoms with Crippen LogP contribution in [0.3, 0.4) is 0 Å². The van der Waals surface area contributed by atoms with Gasteiger partial charge >= 0.3 is 5.69 Å². The van der Waals surface area contributed by atoms with E-state index in [4.69, 9.17) is 11.6 Å². The summed E-state index contributed by atoms with van der Waals surface area (Å²) in [6, 6.07) is 5.38. The van der Waals surface area contributed by atoms with Gasteiger partial charge in [0.1, 0.15) is 0 Å². The van der Waals surface area contributed by atoms with Gasteiger partial charge in [-0.2, -0.15) is 0 Å². The number of aromatic amines is 2. The predicted molar refractivity (Wildman–Crippen MR) is 60.9 cm³/mol. The molecule has 80 valence electrons. The van der Waals surface area contributed by atoms with Crippen molar-refractivity contribution in [2.24, 2.45) is 0 Å². The van der Waals surface area contributed by atoms with Gasteiger partial charge in [-0.1, -0.05) is 17.7 Å². The Balaban J connectivity index is 2.38. The minimum Gasteiger partial charge on any atom is -0.307 e. The van der Waals surface area contributed by atoms with Crippen LogP contribution >= 0.6 is 11.6 Å². The van der Waals surface area contributed by atoms with E-state index in [0.29, 0.717) is 22.7 Å². The summed E-state index contributed by atoms with van der Waals surface area (Å²) in [6.07, 6.45) is 0.511. The first kappa shape index (κ1) is 9.42. The molecular weight excluding hydrogens is 228 g/mol. The van der Waals surface area contributed by atoms with E-state index in [1.807, 2.05) is 12.1 Å². The van der Waals surface area contributed by atoms with E-state index >= 15 is 0 Å². The van der Waals surface area contributed by atoms with E-state index in [1.165, 1.54) is 0 Å². The minimum absolute atomic E-state index is 0.328. The van der Waals surface area contributed by atoms with Gasteiger partial charge in [-0.25, -0.2) is 4.79 Å². The van der Waals surface area contributed by atoms with Crippen LogP contribution in [0, 0.1) is 0 Å². The molecular formula is C11H7ClN2O2. The van der Waals surface area contributed by atoms with Crippen LogP contribution in [0.4, 0.5) is 0 Å². The Labute approximate surface area is 94.9 Å². The molecule has 0 aliphatic heterocycles. The molecule has 0 radical (unpaired) electrons. The second-order valence-electron chi connectivity index (χ2n) is 3.74. The highest BCUT2D eigenvalue weighted by molar-refractivity contribution is 6.30. The standard InChI is InChI=1S/C11H7ClN2O2/c12-6-1-2-7-5(3-6)4-8-9(7)13-11(16)14-10(8)15/h1-3H,4H2,(H2,13,14,15,16). The monoisotopic (exact) mass is 234 g/mol. The minimum atomic E-state index is -0.480. The number of aromatic nitrogens is 2. The van der Waals surface area contributed by atoms with E-state index in [9.17, 15) is 9.59 Å². The molecule has 1 heterocycles. The number of halogens is 1. The van der Waals surface area contributed by atoms with Crippen molar-refractivity contribution in [2.75, 3.05) is 0 Å². The summed E-state index contributed by atoms with van der Waals surface area (Å²) in [5.74, 6) is 0. The molecule has 0 unspecified atom stereocenters. The molecule has 5 heteroatoms. The van der Waals surface area contributed by atoms with Crippen molar-refractivity contribution in [1.29, 1.82) is 0 Å². The Bertz CT molecular complexity index is 700. The van der Waals surface area contributed by atoms with Crippen LogP contribution in [0.25, 0.3) is 11.3 Å². The van der Waals surface area contributed by atoms with Crippen molar-refractivity contribution in [3.8, 4) is 11.3 Å². The molecule has 2 aromatic rings. The SMILES string of the molecule is O=c1[nH]c2c(c(=O)[nH]1)Cc1cc(Cl)ccc1-2. The van der Waals surface area contributed by atoms with E-state index in [0.717, 1.165) is 11.1 Å². The maximum absolute atomic E-state index is 11.6. The summed E-state index contributed by atoms with van der Waals surface area (Å²) in [5.41, 5.74) is 2.24. The zero-order chi connectivity index (χ0) is 11.3. The van der Waals surface area contributed by atoms with Crippen LogP contribution < -0.4 is 11.2 Å². The third kappa shape index (κ3) is 1.23. The van der Waals surface area contributed by atoms with Gasteiger partial charge in [0.2, 0.25) is 0 Å². The maximum atomic E-state index is 11.6. The number of hydrogen-bond donors (Lipinski definition) is 2. The van der Waals surface area contributed by atoms with Gasteiger partial charge in [0.15, 0.2) is 0 Å². The van der Waals surface area contributed by atoms with Gasteiger partial charge in [-0.05, 0) is 17.7 Å². The van der Waals surface area contributed by atoms with Crippen molar-refractivity contribution in [1.82, 2.24) is 9.97 Å². The second kappa shape index (κ2) is 3.09. The zero-order valence-electron chi connectivity index (χ0n) is 8.13. The fourth-order valence-electron chi connectivity index (χ4n) is 2.05. The average molecular weight is 235 g/mol. The van der Waals surface area contributed by atoms with Gasteiger partial charge in [-0.15, -0.1) is 0 Å². The Hall–Kier alpha value is -1.81. The summed E-state index contributed by atoms with van der Waals surface area (Å²) >= 11 is 5.88. The lowest BCUT2D eigenvalue weighted by molar-refractivity contribution is 1.01. The number of rotatable bonds is 0. The third-order valence-corrected chi connectivity index (χ3v) is 2.98. The second-order valence-corrected chi connectivity index (χ2v) is 4.18. The highest BCUT2D eigenvalue weighted by Gasteiger charge is 2.22. The third-order valence-electron chi connectivity index (χ3n) is 2.75. The number of fused-ring (bicyclic) bond motifs is 3. The molecule has 1 aromatic heterocycles. The summed E-state index contributed by atoms with van der Waals surface area (Å²) in [5, 5.41) is 0.630. The molecule has 0 amide bonds. The topological polar surface area (TPSA) is 65.7 Å². The molecule has 0 atom stereocenters. The molecule has 1 aromatic carbocycles. The largest absolute Gasteiger partial charge is 0.326 e. The molecule has 1 aliphatic rings. The van der Waals surface area contributed by atoms with Gasteiger partial charge in [0.05, 0.1) is 5.69 Å². The van der Waals surface area contributed by atoms with Crippen LogP contribution in [0.2, 0.25) is 5.02 Å². The predicted octanol–water partition coefficient (Wildman–Crippen LogP) is 1.29. The van der Waals surface area contributed by atoms with Crippen LogP contribution in [0.5, 0.6) is 0 Å². The van der Waals surface area contributed by atoms with Crippen molar-refractivity contribution in [3.63, 3.8) is 0 Å². The Morgan fingerprint density at radius 1 is 1.19 bits per heavy atom. The van der Waals surface area contributed by atoms with Crippen molar-refractivity contribution in [3.05, 3.63) is 55.2 Å². The molecule has 2 N–H and O–H groups in total.